The zero-order valence-electron chi connectivity index (χ0n) is 18.1. The zero-order chi connectivity index (χ0) is 23.7. The van der Waals surface area contributed by atoms with Crippen LogP contribution in [0.2, 0.25) is 0 Å². The average Bonchev–Trinajstić information content (AvgIpc) is 2.85. The van der Waals surface area contributed by atoms with E-state index in [1.807, 2.05) is 12.1 Å². The van der Waals surface area contributed by atoms with E-state index in [1.54, 1.807) is 91.1 Å². The van der Waals surface area contributed by atoms with Crippen LogP contribution in [0.3, 0.4) is 0 Å². The molecule has 1 atom stereocenters. The molecule has 34 heavy (non-hydrogen) atoms. The van der Waals surface area contributed by atoms with Gasteiger partial charge < -0.3 is 25.7 Å². The Morgan fingerprint density at radius 2 is 1.21 bits per heavy atom. The van der Waals surface area contributed by atoms with E-state index in [0.717, 1.165) is 11.1 Å². The number of para-hydroxylation sites is 2. The van der Waals surface area contributed by atoms with Crippen LogP contribution in [0.4, 0.5) is 0 Å². The summed E-state index contributed by atoms with van der Waals surface area (Å²) in [4.78, 5) is 4.82. The quantitative estimate of drug-likeness (QED) is 0.303. The predicted octanol–water partition coefficient (Wildman–Crippen LogP) is 4.95. The SMILES string of the molecule is Oc1ccc(C2=C(c3ccccc3O)NC(c3ccc(O)cc3)(c3ccccc3O)C=N2)cc1. The van der Waals surface area contributed by atoms with Gasteiger partial charge in [-0.3, -0.25) is 4.99 Å². The lowest BCUT2D eigenvalue weighted by Gasteiger charge is -2.38. The second-order valence-corrected chi connectivity index (χ2v) is 8.04. The Labute approximate surface area is 196 Å². The number of rotatable bonds is 4. The van der Waals surface area contributed by atoms with Crippen LogP contribution in [-0.4, -0.2) is 26.6 Å². The fourth-order valence-electron chi connectivity index (χ4n) is 4.20. The Balaban J connectivity index is 1.78. The number of phenolic OH excluding ortho intramolecular Hbond substituents is 4. The van der Waals surface area contributed by atoms with E-state index in [-0.39, 0.29) is 23.0 Å². The molecule has 0 bridgehead atoms. The number of hydrogen-bond acceptors (Lipinski definition) is 6. The first-order chi connectivity index (χ1) is 16.5. The summed E-state index contributed by atoms with van der Waals surface area (Å²) in [7, 11) is 0. The molecular formula is C28H22N2O4. The highest BCUT2D eigenvalue weighted by molar-refractivity contribution is 6.00. The van der Waals surface area contributed by atoms with Gasteiger partial charge in [0.1, 0.15) is 28.5 Å². The van der Waals surface area contributed by atoms with Crippen LogP contribution in [0.5, 0.6) is 23.0 Å². The first-order valence-corrected chi connectivity index (χ1v) is 10.7. The molecule has 5 N–H and O–H groups in total. The number of phenols is 4. The maximum absolute atomic E-state index is 10.8. The molecule has 1 aliphatic heterocycles. The first kappa shape index (κ1) is 21.2. The van der Waals surface area contributed by atoms with Crippen molar-refractivity contribution in [2.24, 2.45) is 4.99 Å². The Hall–Kier alpha value is -4.71. The fraction of sp³-hybridized carbons (Fsp3) is 0.0357. The summed E-state index contributed by atoms with van der Waals surface area (Å²) in [5.41, 5.74) is 2.55. The van der Waals surface area contributed by atoms with Gasteiger partial charge in [-0.05, 0) is 60.2 Å². The van der Waals surface area contributed by atoms with Crippen molar-refractivity contribution < 1.29 is 20.4 Å². The van der Waals surface area contributed by atoms with Crippen molar-refractivity contribution >= 4 is 17.6 Å². The highest BCUT2D eigenvalue weighted by atomic mass is 16.3. The lowest BCUT2D eigenvalue weighted by Crippen LogP contribution is -2.46. The van der Waals surface area contributed by atoms with Crippen LogP contribution in [0.15, 0.2) is 102 Å². The highest BCUT2D eigenvalue weighted by Crippen LogP contribution is 2.42. The predicted molar refractivity (Wildman–Crippen MR) is 132 cm³/mol. The average molecular weight is 450 g/mol. The largest absolute Gasteiger partial charge is 0.508 e. The summed E-state index contributed by atoms with van der Waals surface area (Å²) < 4.78 is 0. The van der Waals surface area contributed by atoms with Crippen molar-refractivity contribution in [3.8, 4) is 23.0 Å². The summed E-state index contributed by atoms with van der Waals surface area (Å²) in [5.74, 6) is 0.383. The Morgan fingerprint density at radius 1 is 0.618 bits per heavy atom. The smallest absolute Gasteiger partial charge is 0.128 e. The molecule has 1 unspecified atom stereocenters. The molecule has 0 radical (unpaired) electrons. The number of benzene rings is 4. The molecule has 4 aromatic carbocycles. The summed E-state index contributed by atoms with van der Waals surface area (Å²) in [5, 5.41) is 44.7. The van der Waals surface area contributed by atoms with E-state index in [2.05, 4.69) is 5.32 Å². The van der Waals surface area contributed by atoms with Gasteiger partial charge in [0.15, 0.2) is 0 Å². The van der Waals surface area contributed by atoms with Crippen LogP contribution in [0.25, 0.3) is 11.4 Å². The van der Waals surface area contributed by atoms with Crippen molar-refractivity contribution in [1.29, 1.82) is 0 Å². The number of hydrogen-bond donors (Lipinski definition) is 5. The van der Waals surface area contributed by atoms with Crippen LogP contribution in [0, 0.1) is 0 Å². The van der Waals surface area contributed by atoms with Gasteiger partial charge in [-0.1, -0.05) is 42.5 Å². The zero-order valence-corrected chi connectivity index (χ0v) is 18.1. The minimum absolute atomic E-state index is 0.0651. The topological polar surface area (TPSA) is 105 Å². The van der Waals surface area contributed by atoms with Crippen molar-refractivity contribution in [1.82, 2.24) is 5.32 Å². The third kappa shape index (κ3) is 3.61. The summed E-state index contributed by atoms with van der Waals surface area (Å²) in [6.07, 6.45) is 1.71. The minimum Gasteiger partial charge on any atom is -0.508 e. The first-order valence-electron chi connectivity index (χ1n) is 10.7. The summed E-state index contributed by atoms with van der Waals surface area (Å²) in [6.45, 7) is 0. The Morgan fingerprint density at radius 3 is 1.85 bits per heavy atom. The maximum atomic E-state index is 10.8. The molecule has 6 heteroatoms. The van der Waals surface area contributed by atoms with Gasteiger partial charge in [-0.15, -0.1) is 0 Å². The van der Waals surface area contributed by atoms with E-state index in [1.165, 1.54) is 0 Å². The molecule has 0 spiro atoms. The number of aliphatic imine (C=N–C) groups is 1. The van der Waals surface area contributed by atoms with Gasteiger partial charge in [0.05, 0.1) is 11.4 Å². The van der Waals surface area contributed by atoms with Crippen LogP contribution in [-0.2, 0) is 5.54 Å². The summed E-state index contributed by atoms with van der Waals surface area (Å²) in [6, 6.07) is 27.2. The van der Waals surface area contributed by atoms with Crippen LogP contribution < -0.4 is 5.32 Å². The third-order valence-electron chi connectivity index (χ3n) is 5.91. The van der Waals surface area contributed by atoms with Gasteiger partial charge in [0, 0.05) is 22.9 Å². The molecule has 0 fully saturated rings. The van der Waals surface area contributed by atoms with Crippen molar-refractivity contribution in [2.75, 3.05) is 0 Å². The number of nitrogens with one attached hydrogen (secondary N) is 1. The second-order valence-electron chi connectivity index (χ2n) is 8.04. The molecule has 0 amide bonds. The Kier molecular flexibility index (Phi) is 5.18. The van der Waals surface area contributed by atoms with Crippen molar-refractivity contribution in [2.45, 2.75) is 5.54 Å². The van der Waals surface area contributed by atoms with E-state index >= 15 is 0 Å². The molecule has 168 valence electrons. The molecule has 1 heterocycles. The molecule has 0 saturated carbocycles. The van der Waals surface area contributed by atoms with E-state index in [0.29, 0.717) is 22.5 Å². The molecule has 0 aliphatic carbocycles. The lowest BCUT2D eigenvalue weighted by atomic mass is 9.81. The molecule has 0 saturated heterocycles. The monoisotopic (exact) mass is 450 g/mol. The standard InChI is InChI=1S/C28H22N2O4/c31-20-13-9-18(10-14-20)26-27(22-5-1-3-7-24(22)33)30-28(17-29-26,19-11-15-21(32)16-12-19)23-6-2-4-8-25(23)34/h1-17,30-34H. The van der Waals surface area contributed by atoms with E-state index < -0.39 is 5.54 Å². The second kappa shape index (κ2) is 8.33. The maximum Gasteiger partial charge on any atom is 0.128 e. The normalized spacial score (nSPS) is 17.4. The molecule has 6 nitrogen and oxygen atoms in total. The third-order valence-corrected chi connectivity index (χ3v) is 5.91. The van der Waals surface area contributed by atoms with E-state index in [4.69, 9.17) is 4.99 Å². The lowest BCUT2D eigenvalue weighted by molar-refractivity contribution is 0.453. The fourth-order valence-corrected chi connectivity index (χ4v) is 4.20. The van der Waals surface area contributed by atoms with Gasteiger partial charge in [-0.2, -0.15) is 0 Å². The van der Waals surface area contributed by atoms with Crippen molar-refractivity contribution in [3.05, 3.63) is 119 Å². The van der Waals surface area contributed by atoms with Gasteiger partial charge in [-0.25, -0.2) is 0 Å². The van der Waals surface area contributed by atoms with Crippen LogP contribution in [0.1, 0.15) is 22.3 Å². The Bertz CT molecular complexity index is 1410. The summed E-state index contributed by atoms with van der Waals surface area (Å²) >= 11 is 0. The molecule has 5 rings (SSSR count). The van der Waals surface area contributed by atoms with Gasteiger partial charge in [0.2, 0.25) is 0 Å². The molecule has 1 aliphatic rings. The van der Waals surface area contributed by atoms with E-state index in [9.17, 15) is 20.4 Å². The highest BCUT2D eigenvalue weighted by Gasteiger charge is 2.39. The molecule has 0 aromatic heterocycles. The van der Waals surface area contributed by atoms with Crippen molar-refractivity contribution in [3.63, 3.8) is 0 Å². The molecular weight excluding hydrogens is 428 g/mol. The van der Waals surface area contributed by atoms with Gasteiger partial charge in [0.25, 0.3) is 0 Å². The number of aromatic hydroxyl groups is 4. The number of nitrogens with zero attached hydrogens (tertiary/aromatic N) is 1. The van der Waals surface area contributed by atoms with Gasteiger partial charge >= 0.3 is 0 Å². The molecule has 4 aromatic rings. The van der Waals surface area contributed by atoms with Crippen LogP contribution >= 0.6 is 0 Å². The minimum atomic E-state index is -1.10.